The van der Waals surface area contributed by atoms with Crippen LogP contribution in [0.25, 0.3) is 0 Å². The molecule has 2 atom stereocenters. The van der Waals surface area contributed by atoms with E-state index in [4.69, 9.17) is 10.7 Å². The number of nitrogens with one attached hydrogen (secondary N) is 3. The van der Waals surface area contributed by atoms with Crippen molar-refractivity contribution in [1.82, 2.24) is 34.8 Å². The number of carbonyl (C=O) groups excluding carboxylic acids is 5. The molecule has 3 aromatic rings. The number of primary amides is 1. The van der Waals surface area contributed by atoms with Crippen molar-refractivity contribution in [2.75, 3.05) is 60.9 Å². The zero-order valence-electron chi connectivity index (χ0n) is 31.0. The fraction of sp³-hybridized carbons (Fsp3) is 0.526. The molecule has 5 aliphatic rings. The normalized spacial score (nSPS) is 23.0. The monoisotopic (exact) mass is 769 g/mol. The summed E-state index contributed by atoms with van der Waals surface area (Å²) in [6.45, 7) is 8.53. The summed E-state index contributed by atoms with van der Waals surface area (Å²) in [5.74, 6) is -0.907. The predicted molar refractivity (Wildman–Crippen MR) is 207 cm³/mol. The highest BCUT2D eigenvalue weighted by atomic mass is 32.1. The Labute approximate surface area is 323 Å². The number of hydrogen-bond acceptors (Lipinski definition) is 14. The smallest absolute Gasteiger partial charge is 0.271 e. The number of benzene rings is 1. The molecule has 1 unspecified atom stereocenters. The van der Waals surface area contributed by atoms with Crippen LogP contribution in [-0.2, 0) is 9.59 Å². The molecule has 4 saturated heterocycles. The largest absolute Gasteiger partial charge is 0.371 e. The predicted octanol–water partition coefficient (Wildman–Crippen LogP) is 2.42. The number of imide groups is 2. The molecule has 55 heavy (non-hydrogen) atoms. The van der Waals surface area contributed by atoms with Gasteiger partial charge in [0.1, 0.15) is 16.9 Å². The maximum Gasteiger partial charge on any atom is 0.271 e. The lowest BCUT2D eigenvalue weighted by Gasteiger charge is -2.40. The molecule has 5 aliphatic heterocycles. The molecule has 17 heteroatoms. The van der Waals surface area contributed by atoms with E-state index in [2.05, 4.69) is 40.0 Å². The van der Waals surface area contributed by atoms with E-state index in [0.717, 1.165) is 111 Å². The number of hydrogen-bond donors (Lipinski definition) is 4. The maximum atomic E-state index is 13.3. The standard InChI is InChI=1S/C38H47N11O5S/c1-22-17-32(55-45-22)44-35-33(34(39)51)40-19-30(42-35)48-12-2-3-25(21-48)41-24-10-13-46(14-11-24)20-23-8-15-47(16-9-23)26-4-5-27-28(18-26)38(54)49(37(27)53)29-6-7-31(50)43-36(29)52/h4-5,17-19,23-25,29,41H,2-3,6-16,20-21H2,1H3,(H2,39,51)(H,42,44)(H,43,50,52)/t25-,29?/m1/s1. The lowest BCUT2D eigenvalue weighted by atomic mass is 9.93. The summed E-state index contributed by atoms with van der Waals surface area (Å²) in [5.41, 5.74) is 8.14. The van der Waals surface area contributed by atoms with E-state index in [0.29, 0.717) is 34.9 Å². The minimum Gasteiger partial charge on any atom is -0.371 e. The highest BCUT2D eigenvalue weighted by Crippen LogP contribution is 2.33. The molecule has 2 aromatic heterocycles. The number of aromatic nitrogens is 3. The van der Waals surface area contributed by atoms with Gasteiger partial charge in [-0.15, -0.1) is 0 Å². The van der Waals surface area contributed by atoms with Crippen LogP contribution in [0.5, 0.6) is 0 Å². The zero-order chi connectivity index (χ0) is 38.2. The van der Waals surface area contributed by atoms with Gasteiger partial charge in [0.25, 0.3) is 17.7 Å². The molecule has 8 rings (SSSR count). The highest BCUT2D eigenvalue weighted by Gasteiger charge is 2.45. The van der Waals surface area contributed by atoms with E-state index in [1.54, 1.807) is 18.3 Å². The molecule has 1 aromatic carbocycles. The van der Waals surface area contributed by atoms with E-state index in [9.17, 15) is 24.0 Å². The van der Waals surface area contributed by atoms with Gasteiger partial charge >= 0.3 is 0 Å². The number of nitrogens with two attached hydrogens (primary N) is 1. The second-order valence-corrected chi connectivity index (χ2v) is 16.2. The molecule has 4 fully saturated rings. The zero-order valence-corrected chi connectivity index (χ0v) is 31.8. The summed E-state index contributed by atoms with van der Waals surface area (Å²) in [6, 6.07) is 7.11. The van der Waals surface area contributed by atoms with Crippen LogP contribution in [0, 0.1) is 12.8 Å². The van der Waals surface area contributed by atoms with Gasteiger partial charge in [0.15, 0.2) is 11.5 Å². The van der Waals surface area contributed by atoms with Crippen molar-refractivity contribution in [2.24, 2.45) is 11.7 Å². The third-order valence-corrected chi connectivity index (χ3v) is 12.4. The molecule has 5 amide bonds. The number of carbonyl (C=O) groups is 5. The molecule has 0 radical (unpaired) electrons. The van der Waals surface area contributed by atoms with E-state index in [1.807, 2.05) is 19.1 Å². The van der Waals surface area contributed by atoms with Gasteiger partial charge in [0.2, 0.25) is 11.8 Å². The van der Waals surface area contributed by atoms with Gasteiger partial charge in [0.05, 0.1) is 23.0 Å². The summed E-state index contributed by atoms with van der Waals surface area (Å²) in [4.78, 5) is 79.9. The second kappa shape index (κ2) is 15.6. The van der Waals surface area contributed by atoms with Crippen LogP contribution in [-0.4, -0.2) is 118 Å². The van der Waals surface area contributed by atoms with E-state index in [-0.39, 0.29) is 24.4 Å². The third kappa shape index (κ3) is 7.91. The number of anilines is 4. The van der Waals surface area contributed by atoms with Crippen LogP contribution < -0.4 is 31.5 Å². The summed E-state index contributed by atoms with van der Waals surface area (Å²) < 4.78 is 4.30. The maximum absolute atomic E-state index is 13.3. The molecule has 0 spiro atoms. The number of nitrogens with zero attached hydrogens (tertiary/aromatic N) is 7. The van der Waals surface area contributed by atoms with Crippen LogP contribution in [0.15, 0.2) is 30.5 Å². The minimum atomic E-state index is -0.963. The first-order valence-electron chi connectivity index (χ1n) is 19.3. The molecule has 5 N–H and O–H groups in total. The lowest BCUT2D eigenvalue weighted by molar-refractivity contribution is -0.136. The van der Waals surface area contributed by atoms with Crippen molar-refractivity contribution in [2.45, 2.75) is 76.4 Å². The molecule has 16 nitrogen and oxygen atoms in total. The Morgan fingerprint density at radius 2 is 1.71 bits per heavy atom. The summed E-state index contributed by atoms with van der Waals surface area (Å²) in [6.07, 6.45) is 8.31. The number of amides is 5. The average Bonchev–Trinajstić information content (AvgIpc) is 3.70. The molecule has 7 heterocycles. The Kier molecular flexibility index (Phi) is 10.5. The van der Waals surface area contributed by atoms with E-state index >= 15 is 0 Å². The van der Waals surface area contributed by atoms with Crippen molar-refractivity contribution < 1.29 is 24.0 Å². The Balaban J connectivity index is 0.794. The van der Waals surface area contributed by atoms with E-state index in [1.165, 1.54) is 11.5 Å². The molecular formula is C38H47N11O5S. The second-order valence-electron chi connectivity index (χ2n) is 15.4. The van der Waals surface area contributed by atoms with Crippen LogP contribution >= 0.6 is 11.5 Å². The minimum absolute atomic E-state index is 0.0990. The van der Waals surface area contributed by atoms with Crippen LogP contribution in [0.3, 0.4) is 0 Å². The molecule has 0 bridgehead atoms. The highest BCUT2D eigenvalue weighted by molar-refractivity contribution is 7.10. The van der Waals surface area contributed by atoms with Gasteiger partial charge in [0, 0.05) is 56.9 Å². The van der Waals surface area contributed by atoms with Gasteiger partial charge in [-0.25, -0.2) is 9.97 Å². The Bertz CT molecular complexity index is 1990. The van der Waals surface area contributed by atoms with Gasteiger partial charge in [-0.2, -0.15) is 4.37 Å². The first kappa shape index (κ1) is 36.9. The molecular weight excluding hydrogens is 723 g/mol. The Morgan fingerprint density at radius 3 is 2.44 bits per heavy atom. The SMILES string of the molecule is Cc1cc(Nc2nc(N3CCC[C@@H](NC4CCN(CC5CCN(c6ccc7c(c6)C(=O)N(C6CCC(=O)NC6=O)C7=O)CC5)CC4)C3)cnc2C(N)=O)sn1. The number of piperidine rings is 4. The molecule has 290 valence electrons. The van der Waals surface area contributed by atoms with Gasteiger partial charge in [-0.05, 0) is 107 Å². The average molecular weight is 770 g/mol. The van der Waals surface area contributed by atoms with Gasteiger partial charge in [-0.3, -0.25) is 34.2 Å². The molecule has 0 saturated carbocycles. The fourth-order valence-corrected chi connectivity index (χ4v) is 9.33. The van der Waals surface area contributed by atoms with Crippen molar-refractivity contribution in [3.63, 3.8) is 0 Å². The Morgan fingerprint density at radius 1 is 0.927 bits per heavy atom. The number of likely N-dealkylation sites (tertiary alicyclic amines) is 1. The first-order chi connectivity index (χ1) is 26.6. The first-order valence-corrected chi connectivity index (χ1v) is 20.1. The number of aryl methyl sites for hydroxylation is 1. The van der Waals surface area contributed by atoms with Crippen molar-refractivity contribution in [1.29, 1.82) is 0 Å². The van der Waals surface area contributed by atoms with Crippen molar-refractivity contribution >= 4 is 63.4 Å². The van der Waals surface area contributed by atoms with Crippen LogP contribution in [0.2, 0.25) is 0 Å². The summed E-state index contributed by atoms with van der Waals surface area (Å²) >= 11 is 1.30. The van der Waals surface area contributed by atoms with Gasteiger partial charge < -0.3 is 31.1 Å². The van der Waals surface area contributed by atoms with Gasteiger partial charge in [-0.1, -0.05) is 0 Å². The van der Waals surface area contributed by atoms with Crippen molar-refractivity contribution in [3.05, 3.63) is 53.0 Å². The number of fused-ring (bicyclic) bond motifs is 1. The number of rotatable bonds is 10. The van der Waals surface area contributed by atoms with E-state index < -0.39 is 29.7 Å². The third-order valence-electron chi connectivity index (χ3n) is 11.6. The summed E-state index contributed by atoms with van der Waals surface area (Å²) in [5, 5.41) is 10.2. The topological polar surface area (TPSA) is 199 Å². The van der Waals surface area contributed by atoms with Crippen molar-refractivity contribution in [3.8, 4) is 0 Å². The van der Waals surface area contributed by atoms with Crippen LogP contribution in [0.4, 0.5) is 22.3 Å². The fourth-order valence-electron chi connectivity index (χ4n) is 8.67. The summed E-state index contributed by atoms with van der Waals surface area (Å²) in [7, 11) is 0. The quantitative estimate of drug-likeness (QED) is 0.220. The molecule has 0 aliphatic carbocycles. The van der Waals surface area contributed by atoms with Crippen LogP contribution in [0.1, 0.15) is 88.3 Å². The Hall–Kier alpha value is -5.00. The lowest BCUT2D eigenvalue weighted by Crippen LogP contribution is -2.54.